The zero-order chi connectivity index (χ0) is 16.4. The van der Waals surface area contributed by atoms with E-state index in [0.717, 1.165) is 18.6 Å². The Hall–Kier alpha value is -2.12. The fraction of sp³-hybridized carbons (Fsp3) is 0.500. The highest BCUT2D eigenvalue weighted by molar-refractivity contribution is 5.93. The Bertz CT molecular complexity index is 741. The first-order valence-electron chi connectivity index (χ1n) is 7.89. The van der Waals surface area contributed by atoms with Gasteiger partial charge in [-0.1, -0.05) is 0 Å². The second-order valence-corrected chi connectivity index (χ2v) is 6.15. The van der Waals surface area contributed by atoms with Crippen LogP contribution in [0.5, 0.6) is 0 Å². The summed E-state index contributed by atoms with van der Waals surface area (Å²) in [6, 6.07) is 5.31. The summed E-state index contributed by atoms with van der Waals surface area (Å²) in [5, 5.41) is 2.87. The van der Waals surface area contributed by atoms with Crippen molar-refractivity contribution in [2.75, 3.05) is 25.0 Å². The molecule has 7 heteroatoms. The van der Waals surface area contributed by atoms with E-state index in [1.165, 1.54) is 0 Å². The van der Waals surface area contributed by atoms with Gasteiger partial charge >= 0.3 is 5.69 Å². The molecule has 3 rings (SSSR count). The first kappa shape index (κ1) is 15.8. The van der Waals surface area contributed by atoms with Crippen LogP contribution in [-0.4, -0.2) is 52.6 Å². The first-order chi connectivity index (χ1) is 11.0. The van der Waals surface area contributed by atoms with Crippen LogP contribution in [0.3, 0.4) is 0 Å². The van der Waals surface area contributed by atoms with E-state index in [9.17, 15) is 9.59 Å². The molecule has 0 aliphatic carbocycles. The maximum atomic E-state index is 12.1. The van der Waals surface area contributed by atoms with Crippen molar-refractivity contribution in [3.63, 3.8) is 0 Å². The Kier molecular flexibility index (Phi) is 4.49. The molecule has 3 N–H and O–H groups in total. The van der Waals surface area contributed by atoms with Crippen LogP contribution >= 0.6 is 0 Å². The van der Waals surface area contributed by atoms with Crippen molar-refractivity contribution in [2.45, 2.75) is 32.5 Å². The number of fused-ring (bicyclic) bond motifs is 1. The van der Waals surface area contributed by atoms with Crippen LogP contribution < -0.4 is 11.0 Å². The number of rotatable bonds is 4. The smallest absolute Gasteiger partial charge is 0.323 e. The zero-order valence-corrected chi connectivity index (χ0v) is 13.4. The fourth-order valence-corrected chi connectivity index (χ4v) is 3.06. The number of morpholine rings is 1. The maximum Gasteiger partial charge on any atom is 0.323 e. The van der Waals surface area contributed by atoms with Crippen LogP contribution in [0.15, 0.2) is 23.0 Å². The molecule has 124 valence electrons. The highest BCUT2D eigenvalue weighted by Crippen LogP contribution is 2.15. The molecule has 2 aromatic rings. The lowest BCUT2D eigenvalue weighted by atomic mass is 10.2. The van der Waals surface area contributed by atoms with Crippen LogP contribution in [0.1, 0.15) is 20.3 Å². The van der Waals surface area contributed by atoms with Crippen LogP contribution in [0.25, 0.3) is 11.0 Å². The molecule has 1 amide bonds. The van der Waals surface area contributed by atoms with Crippen molar-refractivity contribution in [3.8, 4) is 0 Å². The van der Waals surface area contributed by atoms with Crippen LogP contribution in [0.4, 0.5) is 5.69 Å². The molecule has 1 fully saturated rings. The van der Waals surface area contributed by atoms with Crippen LogP contribution in [0.2, 0.25) is 0 Å². The molecular weight excluding hydrogens is 296 g/mol. The molecule has 1 aromatic heterocycles. The van der Waals surface area contributed by atoms with E-state index in [1.54, 1.807) is 18.2 Å². The number of carbonyl (C=O) groups excluding carboxylic acids is 1. The quantitative estimate of drug-likeness (QED) is 0.792. The van der Waals surface area contributed by atoms with E-state index in [4.69, 9.17) is 4.74 Å². The predicted molar refractivity (Wildman–Crippen MR) is 88.6 cm³/mol. The second-order valence-electron chi connectivity index (χ2n) is 6.15. The average molecular weight is 318 g/mol. The number of carbonyl (C=O) groups is 1. The molecule has 7 nitrogen and oxygen atoms in total. The Morgan fingerprint density at radius 1 is 1.26 bits per heavy atom. The lowest BCUT2D eigenvalue weighted by Gasteiger charge is -2.35. The van der Waals surface area contributed by atoms with Gasteiger partial charge in [0.2, 0.25) is 5.91 Å². The Labute approximate surface area is 134 Å². The topological polar surface area (TPSA) is 90.2 Å². The standard InChI is InChI=1S/C16H22N4O3/c1-10-8-20(9-11(2)23-10)6-5-15(21)17-12-3-4-13-14(7-12)19-16(22)18-13/h3-4,7,10-11H,5-6,8-9H2,1-2H3,(H,17,21)(H2,18,19,22)/t10-,11-/m0/s1. The summed E-state index contributed by atoms with van der Waals surface area (Å²) in [6.45, 7) is 6.53. The van der Waals surface area contributed by atoms with Crippen molar-refractivity contribution in [2.24, 2.45) is 0 Å². The number of hydrogen-bond acceptors (Lipinski definition) is 4. The van der Waals surface area contributed by atoms with E-state index in [0.29, 0.717) is 24.2 Å². The molecule has 0 saturated carbocycles. The van der Waals surface area contributed by atoms with E-state index >= 15 is 0 Å². The van der Waals surface area contributed by atoms with Crippen molar-refractivity contribution in [1.82, 2.24) is 14.9 Å². The molecule has 1 aromatic carbocycles. The van der Waals surface area contributed by atoms with E-state index < -0.39 is 0 Å². The predicted octanol–water partition coefficient (Wildman–Crippen LogP) is 1.29. The van der Waals surface area contributed by atoms with Crippen molar-refractivity contribution in [3.05, 3.63) is 28.7 Å². The van der Waals surface area contributed by atoms with Crippen molar-refractivity contribution in [1.29, 1.82) is 0 Å². The van der Waals surface area contributed by atoms with Crippen molar-refractivity contribution < 1.29 is 9.53 Å². The number of amides is 1. The second kappa shape index (κ2) is 6.55. The lowest BCUT2D eigenvalue weighted by molar-refractivity contribution is -0.117. The highest BCUT2D eigenvalue weighted by atomic mass is 16.5. The molecule has 23 heavy (non-hydrogen) atoms. The third-order valence-electron chi connectivity index (χ3n) is 3.95. The van der Waals surface area contributed by atoms with E-state index in [2.05, 4.69) is 34.0 Å². The minimum absolute atomic E-state index is 0.0333. The number of anilines is 1. The average Bonchev–Trinajstić information content (AvgIpc) is 2.83. The van der Waals surface area contributed by atoms with Gasteiger partial charge in [0.25, 0.3) is 0 Å². The Balaban J connectivity index is 1.54. The molecule has 0 bridgehead atoms. The zero-order valence-electron chi connectivity index (χ0n) is 13.4. The van der Waals surface area contributed by atoms with Gasteiger partial charge in [-0.05, 0) is 32.0 Å². The number of ether oxygens (including phenoxy) is 1. The molecule has 2 atom stereocenters. The summed E-state index contributed by atoms with van der Waals surface area (Å²) < 4.78 is 5.69. The van der Waals surface area contributed by atoms with E-state index in [1.807, 2.05) is 0 Å². The van der Waals surface area contributed by atoms with Crippen LogP contribution in [-0.2, 0) is 9.53 Å². The van der Waals surface area contributed by atoms with Gasteiger partial charge in [0, 0.05) is 31.7 Å². The van der Waals surface area contributed by atoms with Crippen molar-refractivity contribution >= 4 is 22.6 Å². The molecule has 0 radical (unpaired) electrons. The highest BCUT2D eigenvalue weighted by Gasteiger charge is 2.22. The van der Waals surface area contributed by atoms with Crippen LogP contribution in [0, 0.1) is 0 Å². The summed E-state index contributed by atoms with van der Waals surface area (Å²) in [4.78, 5) is 31.0. The normalized spacial score (nSPS) is 22.3. The van der Waals surface area contributed by atoms with Gasteiger partial charge in [-0.3, -0.25) is 9.69 Å². The number of benzene rings is 1. The molecule has 0 spiro atoms. The summed E-state index contributed by atoms with van der Waals surface area (Å²) in [5.41, 5.74) is 1.84. The van der Waals surface area contributed by atoms with Gasteiger partial charge in [0.15, 0.2) is 0 Å². The maximum absolute atomic E-state index is 12.1. The third kappa shape index (κ3) is 4.00. The summed E-state index contributed by atoms with van der Waals surface area (Å²) in [5.74, 6) is -0.0333. The molecule has 1 aliphatic rings. The number of aromatic amines is 2. The molecule has 1 saturated heterocycles. The Morgan fingerprint density at radius 3 is 2.70 bits per heavy atom. The number of hydrogen-bond donors (Lipinski definition) is 3. The Morgan fingerprint density at radius 2 is 1.96 bits per heavy atom. The van der Waals surface area contributed by atoms with Gasteiger partial charge in [-0.25, -0.2) is 4.79 Å². The van der Waals surface area contributed by atoms with Gasteiger partial charge < -0.3 is 20.0 Å². The molecular formula is C16H22N4O3. The summed E-state index contributed by atoms with van der Waals surface area (Å²) in [6.07, 6.45) is 0.838. The number of nitrogens with one attached hydrogen (secondary N) is 3. The first-order valence-corrected chi connectivity index (χ1v) is 7.89. The number of imidazole rings is 1. The summed E-state index contributed by atoms with van der Waals surface area (Å²) >= 11 is 0. The SMILES string of the molecule is C[C@H]1CN(CCC(=O)Nc2ccc3[nH]c(=O)[nH]c3c2)C[C@H](C)O1. The summed E-state index contributed by atoms with van der Waals surface area (Å²) in [7, 11) is 0. The van der Waals surface area contributed by atoms with E-state index in [-0.39, 0.29) is 23.8 Å². The minimum Gasteiger partial charge on any atom is -0.373 e. The number of H-pyrrole nitrogens is 2. The monoisotopic (exact) mass is 318 g/mol. The number of nitrogens with zero attached hydrogens (tertiary/aromatic N) is 1. The fourth-order valence-electron chi connectivity index (χ4n) is 3.06. The third-order valence-corrected chi connectivity index (χ3v) is 3.95. The van der Waals surface area contributed by atoms with Gasteiger partial charge in [-0.2, -0.15) is 0 Å². The largest absolute Gasteiger partial charge is 0.373 e. The van der Waals surface area contributed by atoms with Gasteiger partial charge in [0.1, 0.15) is 0 Å². The van der Waals surface area contributed by atoms with Gasteiger partial charge in [-0.15, -0.1) is 0 Å². The molecule has 1 aliphatic heterocycles. The molecule has 2 heterocycles. The number of aromatic nitrogens is 2. The molecule has 0 unspecified atom stereocenters. The lowest BCUT2D eigenvalue weighted by Crippen LogP contribution is -2.46. The van der Waals surface area contributed by atoms with Gasteiger partial charge in [0.05, 0.1) is 23.2 Å². The minimum atomic E-state index is -0.251.